The average molecular weight is 505 g/mol. The summed E-state index contributed by atoms with van der Waals surface area (Å²) in [5, 5.41) is 3.36. The summed E-state index contributed by atoms with van der Waals surface area (Å²) in [7, 11) is 0. The lowest BCUT2D eigenvalue weighted by Crippen LogP contribution is -2.39. The fourth-order valence-electron chi connectivity index (χ4n) is 4.76. The number of hydrogen-bond acceptors (Lipinski definition) is 2. The van der Waals surface area contributed by atoms with Crippen molar-refractivity contribution in [1.29, 1.82) is 0 Å². The Bertz CT molecular complexity index is 886. The molecule has 0 radical (unpaired) electrons. The van der Waals surface area contributed by atoms with Gasteiger partial charge in [-0.3, -0.25) is 4.79 Å². The zero-order valence-corrected chi connectivity index (χ0v) is 23.8. The minimum absolute atomic E-state index is 0.0558. The van der Waals surface area contributed by atoms with E-state index >= 15 is 0 Å². The zero-order valence-electron chi connectivity index (χ0n) is 23.8. The molecular weight excluding hydrogens is 452 g/mol. The van der Waals surface area contributed by atoms with Crippen LogP contribution >= 0.6 is 0 Å². The van der Waals surface area contributed by atoms with Gasteiger partial charge >= 0.3 is 0 Å². The number of rotatable bonds is 19. The summed E-state index contributed by atoms with van der Waals surface area (Å²) >= 11 is 0. The topological polar surface area (TPSA) is 55.1 Å². The molecule has 2 aromatic carbocycles. The molecule has 0 fully saturated rings. The highest BCUT2D eigenvalue weighted by molar-refractivity contribution is 5.82. The summed E-state index contributed by atoms with van der Waals surface area (Å²) in [6, 6.07) is 18.2. The number of nitrogens with one attached hydrogen (secondary N) is 1. The molecule has 1 unspecified atom stereocenters. The Hall–Kier alpha value is -2.55. The van der Waals surface area contributed by atoms with Crippen LogP contribution in [-0.2, 0) is 11.2 Å². The molecule has 0 aliphatic heterocycles. The predicted octanol–water partition coefficient (Wildman–Crippen LogP) is 9.34. The van der Waals surface area contributed by atoms with E-state index in [2.05, 4.69) is 50.4 Å². The maximum absolute atomic E-state index is 13.3. The van der Waals surface area contributed by atoms with Gasteiger partial charge in [0.15, 0.2) is 0 Å². The third-order valence-corrected chi connectivity index (χ3v) is 7.36. The second-order valence-electron chi connectivity index (χ2n) is 11.2. The molecule has 204 valence electrons. The number of benzene rings is 2. The predicted molar refractivity (Wildman–Crippen MR) is 161 cm³/mol. The van der Waals surface area contributed by atoms with Crippen LogP contribution in [-0.4, -0.2) is 5.91 Å². The summed E-state index contributed by atoms with van der Waals surface area (Å²) in [4.78, 5) is 13.3. The molecule has 3 nitrogen and oxygen atoms in total. The number of carbonyl (C=O) groups excluding carboxylic acids is 1. The van der Waals surface area contributed by atoms with E-state index in [9.17, 15) is 4.79 Å². The van der Waals surface area contributed by atoms with Crippen LogP contribution in [0.5, 0.6) is 0 Å². The Labute approximate surface area is 227 Å². The highest BCUT2D eigenvalue weighted by atomic mass is 16.2. The molecule has 0 heterocycles. The molecule has 2 aromatic rings. The minimum Gasteiger partial charge on any atom is -0.399 e. The van der Waals surface area contributed by atoms with E-state index < -0.39 is 0 Å². The van der Waals surface area contributed by atoms with E-state index in [4.69, 9.17) is 5.73 Å². The lowest BCUT2D eigenvalue weighted by molar-refractivity contribution is -0.130. The van der Waals surface area contributed by atoms with Crippen molar-refractivity contribution in [3.8, 4) is 0 Å². The second-order valence-corrected chi connectivity index (χ2v) is 11.2. The monoisotopic (exact) mass is 504 g/mol. The quantitative estimate of drug-likeness (QED) is 0.114. The number of nitrogen functional groups attached to an aromatic ring is 1. The highest BCUT2D eigenvalue weighted by Gasteiger charge is 2.29. The molecule has 2 rings (SSSR count). The molecule has 1 atom stereocenters. The highest BCUT2D eigenvalue weighted by Crippen LogP contribution is 2.27. The van der Waals surface area contributed by atoms with Crippen LogP contribution in [0.2, 0.25) is 0 Å². The number of anilines is 1. The minimum atomic E-state index is -0.384. The standard InChI is InChI=1S/C34H52N2O/c1-4-5-6-7-8-9-10-11-12-13-14-15-16-20-27-34(2,3)33(37)36-32(30-21-18-17-19-22-30)28-29-23-25-31(35)26-24-29/h11-12,17-19,21-26,32H,4-10,13-16,20,27-28,35H2,1-3H3,(H,36,37). The maximum atomic E-state index is 13.3. The maximum Gasteiger partial charge on any atom is 0.226 e. The number of amides is 1. The first-order chi connectivity index (χ1) is 17.9. The van der Waals surface area contributed by atoms with Crippen molar-refractivity contribution < 1.29 is 4.79 Å². The first-order valence-corrected chi connectivity index (χ1v) is 14.8. The third kappa shape index (κ3) is 13.0. The average Bonchev–Trinajstić information content (AvgIpc) is 2.90. The molecule has 0 saturated carbocycles. The molecule has 0 saturated heterocycles. The van der Waals surface area contributed by atoms with Gasteiger partial charge in [0.05, 0.1) is 6.04 Å². The van der Waals surface area contributed by atoms with Crippen molar-refractivity contribution in [2.45, 2.75) is 117 Å². The summed E-state index contributed by atoms with van der Waals surface area (Å²) in [6.45, 7) is 6.44. The third-order valence-electron chi connectivity index (χ3n) is 7.36. The lowest BCUT2D eigenvalue weighted by atomic mass is 9.85. The number of hydrogen-bond donors (Lipinski definition) is 2. The molecule has 0 spiro atoms. The van der Waals surface area contributed by atoms with Crippen LogP contribution in [0.15, 0.2) is 66.7 Å². The number of carbonyl (C=O) groups is 1. The van der Waals surface area contributed by atoms with E-state index in [1.165, 1.54) is 76.2 Å². The van der Waals surface area contributed by atoms with Gasteiger partial charge in [-0.1, -0.05) is 127 Å². The van der Waals surface area contributed by atoms with Crippen LogP contribution < -0.4 is 11.1 Å². The van der Waals surface area contributed by atoms with Gasteiger partial charge in [-0.25, -0.2) is 0 Å². The van der Waals surface area contributed by atoms with Crippen molar-refractivity contribution in [2.75, 3.05) is 5.73 Å². The van der Waals surface area contributed by atoms with Crippen molar-refractivity contribution >= 4 is 11.6 Å². The lowest BCUT2D eigenvalue weighted by Gasteiger charge is -2.28. The Morgan fingerprint density at radius 2 is 1.38 bits per heavy atom. The van der Waals surface area contributed by atoms with Crippen molar-refractivity contribution in [3.05, 3.63) is 77.9 Å². The van der Waals surface area contributed by atoms with Gasteiger partial charge in [0.1, 0.15) is 0 Å². The molecule has 0 bridgehead atoms. The first kappa shape index (κ1) is 30.7. The van der Waals surface area contributed by atoms with Crippen LogP contribution in [0.25, 0.3) is 0 Å². The Balaban J connectivity index is 1.69. The molecule has 37 heavy (non-hydrogen) atoms. The van der Waals surface area contributed by atoms with E-state index in [1.54, 1.807) is 0 Å². The molecular formula is C34H52N2O. The van der Waals surface area contributed by atoms with Gasteiger partial charge in [-0.2, -0.15) is 0 Å². The summed E-state index contributed by atoms with van der Waals surface area (Å²) < 4.78 is 0. The number of allylic oxidation sites excluding steroid dienone is 2. The van der Waals surface area contributed by atoms with Crippen LogP contribution in [0.4, 0.5) is 5.69 Å². The van der Waals surface area contributed by atoms with E-state index in [1.807, 2.05) is 42.5 Å². The molecule has 3 N–H and O–H groups in total. The zero-order chi connectivity index (χ0) is 26.8. The fourth-order valence-corrected chi connectivity index (χ4v) is 4.76. The smallest absolute Gasteiger partial charge is 0.226 e. The Morgan fingerprint density at radius 3 is 2.00 bits per heavy atom. The van der Waals surface area contributed by atoms with Gasteiger partial charge < -0.3 is 11.1 Å². The van der Waals surface area contributed by atoms with Gasteiger partial charge in [-0.05, 0) is 61.8 Å². The summed E-state index contributed by atoms with van der Waals surface area (Å²) in [6.07, 6.45) is 21.8. The second kappa shape index (κ2) is 17.8. The van der Waals surface area contributed by atoms with E-state index in [0.717, 1.165) is 30.5 Å². The molecule has 1 amide bonds. The van der Waals surface area contributed by atoms with Crippen molar-refractivity contribution in [2.24, 2.45) is 5.41 Å². The van der Waals surface area contributed by atoms with Crippen LogP contribution in [0.1, 0.15) is 121 Å². The van der Waals surface area contributed by atoms with Gasteiger partial charge in [0.25, 0.3) is 0 Å². The van der Waals surface area contributed by atoms with Gasteiger partial charge in [0, 0.05) is 11.1 Å². The van der Waals surface area contributed by atoms with E-state index in [-0.39, 0.29) is 17.4 Å². The Morgan fingerprint density at radius 1 is 0.811 bits per heavy atom. The van der Waals surface area contributed by atoms with Crippen molar-refractivity contribution in [1.82, 2.24) is 5.32 Å². The van der Waals surface area contributed by atoms with Crippen LogP contribution in [0, 0.1) is 5.41 Å². The molecule has 3 heteroatoms. The molecule has 0 aromatic heterocycles. The molecule has 0 aliphatic carbocycles. The first-order valence-electron chi connectivity index (χ1n) is 14.8. The molecule has 0 aliphatic rings. The van der Waals surface area contributed by atoms with Crippen LogP contribution in [0.3, 0.4) is 0 Å². The number of unbranched alkanes of at least 4 members (excludes halogenated alkanes) is 10. The summed E-state index contributed by atoms with van der Waals surface area (Å²) in [5.41, 5.74) is 8.54. The Kier molecular flexibility index (Phi) is 14.8. The van der Waals surface area contributed by atoms with Gasteiger partial charge in [-0.15, -0.1) is 0 Å². The van der Waals surface area contributed by atoms with E-state index in [0.29, 0.717) is 0 Å². The number of nitrogens with two attached hydrogens (primary N) is 1. The fraction of sp³-hybridized carbons (Fsp3) is 0.559. The normalized spacial score (nSPS) is 12.6. The van der Waals surface area contributed by atoms with Gasteiger partial charge in [0.2, 0.25) is 5.91 Å². The summed E-state index contributed by atoms with van der Waals surface area (Å²) in [5.74, 6) is 0.134. The SMILES string of the molecule is CCCCCCCCC=CCCCCCCC(C)(C)C(=O)NC(Cc1ccc(N)cc1)c1ccccc1. The van der Waals surface area contributed by atoms with Crippen molar-refractivity contribution in [3.63, 3.8) is 0 Å². The largest absolute Gasteiger partial charge is 0.399 e.